The molecule has 0 aliphatic carbocycles. The highest BCUT2D eigenvalue weighted by Crippen LogP contribution is 2.31. The van der Waals surface area contributed by atoms with Crippen molar-refractivity contribution in [3.63, 3.8) is 0 Å². The van der Waals surface area contributed by atoms with E-state index in [-0.39, 0.29) is 17.2 Å². The quantitative estimate of drug-likeness (QED) is 0.451. The summed E-state index contributed by atoms with van der Waals surface area (Å²) in [5, 5.41) is 6.29. The zero-order valence-corrected chi connectivity index (χ0v) is 20.6. The number of nitrogens with one attached hydrogen (secondary N) is 2. The number of anilines is 1. The van der Waals surface area contributed by atoms with Crippen molar-refractivity contribution in [1.29, 1.82) is 0 Å². The minimum Gasteiger partial charge on any atom is -0.398 e. The molecule has 1 heterocycles. The lowest BCUT2D eigenvalue weighted by molar-refractivity contribution is -0.137. The second-order valence-electron chi connectivity index (χ2n) is 8.71. The number of carbonyl (C=O) groups excluding carboxylic acids is 2. The Balaban J connectivity index is 1.44. The number of hydrogen-bond donors (Lipinski definition) is 3. The van der Waals surface area contributed by atoms with E-state index >= 15 is 0 Å². The Morgan fingerprint density at radius 1 is 1.11 bits per heavy atom. The van der Waals surface area contributed by atoms with E-state index in [0.717, 1.165) is 50.2 Å². The van der Waals surface area contributed by atoms with Crippen LogP contribution in [0.1, 0.15) is 41.3 Å². The van der Waals surface area contributed by atoms with E-state index in [9.17, 15) is 22.8 Å². The minimum atomic E-state index is -4.61. The molecule has 0 saturated carbocycles. The Morgan fingerprint density at radius 3 is 2.43 bits per heavy atom. The van der Waals surface area contributed by atoms with Crippen molar-refractivity contribution >= 4 is 40.7 Å². The maximum absolute atomic E-state index is 12.9. The maximum Gasteiger partial charge on any atom is 0.416 e. The SMILES string of the molecule is C[C@H](NC(=O)c1cc(C(F)(F)F)ccc1N)C(=O)NCC1CCN(Cc2ccc(Cl)c(Cl)c2)CC1. The van der Waals surface area contributed by atoms with E-state index in [1.54, 1.807) is 6.07 Å². The van der Waals surface area contributed by atoms with Gasteiger partial charge < -0.3 is 16.4 Å². The molecule has 6 nitrogen and oxygen atoms in total. The average molecular weight is 531 g/mol. The number of nitrogen functional groups attached to an aromatic ring is 1. The predicted molar refractivity (Wildman–Crippen MR) is 130 cm³/mol. The van der Waals surface area contributed by atoms with Crippen LogP contribution in [0.25, 0.3) is 0 Å². The summed E-state index contributed by atoms with van der Waals surface area (Å²) in [4.78, 5) is 27.2. The van der Waals surface area contributed by atoms with Crippen molar-refractivity contribution < 1.29 is 22.8 Å². The fourth-order valence-electron chi connectivity index (χ4n) is 3.91. The van der Waals surface area contributed by atoms with Crippen LogP contribution in [0, 0.1) is 5.92 Å². The van der Waals surface area contributed by atoms with Gasteiger partial charge in [-0.1, -0.05) is 29.3 Å². The van der Waals surface area contributed by atoms with Gasteiger partial charge in [0.1, 0.15) is 6.04 Å². The highest BCUT2D eigenvalue weighted by atomic mass is 35.5. The molecule has 1 aliphatic rings. The zero-order chi connectivity index (χ0) is 25.8. The number of amides is 2. The van der Waals surface area contributed by atoms with Crippen LogP contribution in [0.5, 0.6) is 0 Å². The number of nitrogens with two attached hydrogens (primary N) is 1. The van der Waals surface area contributed by atoms with Gasteiger partial charge in [0.2, 0.25) is 5.91 Å². The smallest absolute Gasteiger partial charge is 0.398 e. The first-order valence-electron chi connectivity index (χ1n) is 11.2. The van der Waals surface area contributed by atoms with Gasteiger partial charge in [0.25, 0.3) is 5.91 Å². The minimum absolute atomic E-state index is 0.101. The van der Waals surface area contributed by atoms with Crippen LogP contribution in [-0.2, 0) is 17.5 Å². The second kappa shape index (κ2) is 11.5. The summed E-state index contributed by atoms with van der Waals surface area (Å²) in [5.74, 6) is -0.972. The molecule has 1 aliphatic heterocycles. The first-order valence-corrected chi connectivity index (χ1v) is 11.9. The molecule has 11 heteroatoms. The van der Waals surface area contributed by atoms with E-state index in [1.165, 1.54) is 6.92 Å². The van der Waals surface area contributed by atoms with Gasteiger partial charge in [0.05, 0.1) is 21.2 Å². The second-order valence-corrected chi connectivity index (χ2v) is 9.52. The summed E-state index contributed by atoms with van der Waals surface area (Å²) < 4.78 is 38.8. The van der Waals surface area contributed by atoms with Crippen LogP contribution < -0.4 is 16.4 Å². The molecular formula is C24H27Cl2F3N4O2. The molecule has 3 rings (SSSR count). The normalized spacial score (nSPS) is 16.1. The molecule has 190 valence electrons. The lowest BCUT2D eigenvalue weighted by Gasteiger charge is -2.32. The molecule has 0 aromatic heterocycles. The molecule has 35 heavy (non-hydrogen) atoms. The van der Waals surface area contributed by atoms with Gasteiger partial charge >= 0.3 is 6.18 Å². The van der Waals surface area contributed by atoms with Crippen molar-refractivity contribution in [1.82, 2.24) is 15.5 Å². The highest BCUT2D eigenvalue weighted by molar-refractivity contribution is 6.42. The number of piperidine rings is 1. The van der Waals surface area contributed by atoms with E-state index in [4.69, 9.17) is 28.9 Å². The fraction of sp³-hybridized carbons (Fsp3) is 0.417. The standard InChI is InChI=1S/C24H27Cl2F3N4O2/c1-14(32-23(35)18-11-17(24(27,28)29)3-5-21(18)30)22(34)31-12-15-6-8-33(9-7-15)13-16-2-4-19(25)20(26)10-16/h2-5,10-11,14-15H,6-9,12-13,30H2,1H3,(H,31,34)(H,32,35)/t14-/m0/s1. The van der Waals surface area contributed by atoms with Gasteiger partial charge in [-0.15, -0.1) is 0 Å². The molecular weight excluding hydrogens is 504 g/mol. The van der Waals surface area contributed by atoms with Crippen molar-refractivity contribution in [3.8, 4) is 0 Å². The van der Waals surface area contributed by atoms with E-state index in [2.05, 4.69) is 15.5 Å². The van der Waals surface area contributed by atoms with Crippen LogP contribution in [0.15, 0.2) is 36.4 Å². The lowest BCUT2D eigenvalue weighted by Crippen LogP contribution is -2.47. The Labute approximate surface area is 211 Å². The van der Waals surface area contributed by atoms with E-state index < -0.39 is 29.6 Å². The van der Waals surface area contributed by atoms with Gasteiger partial charge in [-0.2, -0.15) is 13.2 Å². The predicted octanol–water partition coefficient (Wildman–Crippen LogP) is 4.74. The Hall–Kier alpha value is -2.49. The summed E-state index contributed by atoms with van der Waals surface area (Å²) in [7, 11) is 0. The molecule has 2 aromatic rings. The van der Waals surface area contributed by atoms with Crippen LogP contribution in [0.3, 0.4) is 0 Å². The number of likely N-dealkylation sites (tertiary alicyclic amines) is 1. The van der Waals surface area contributed by atoms with E-state index in [1.807, 2.05) is 12.1 Å². The third kappa shape index (κ3) is 7.49. The van der Waals surface area contributed by atoms with Gasteiger partial charge in [-0.05, 0) is 74.7 Å². The highest BCUT2D eigenvalue weighted by Gasteiger charge is 2.32. The van der Waals surface area contributed by atoms with Crippen molar-refractivity contribution in [3.05, 3.63) is 63.1 Å². The van der Waals surface area contributed by atoms with Gasteiger partial charge in [0.15, 0.2) is 0 Å². The van der Waals surface area contributed by atoms with Crippen LogP contribution in [0.4, 0.5) is 18.9 Å². The van der Waals surface area contributed by atoms with Gasteiger partial charge in [0, 0.05) is 18.8 Å². The van der Waals surface area contributed by atoms with E-state index in [0.29, 0.717) is 22.7 Å². The Kier molecular flexibility index (Phi) is 8.90. The first kappa shape index (κ1) is 27.1. The number of rotatable bonds is 7. The molecule has 4 N–H and O–H groups in total. The number of carbonyl (C=O) groups is 2. The van der Waals surface area contributed by atoms with Crippen molar-refractivity contribution in [2.24, 2.45) is 5.92 Å². The maximum atomic E-state index is 12.9. The zero-order valence-electron chi connectivity index (χ0n) is 19.1. The molecule has 2 amide bonds. The summed E-state index contributed by atoms with van der Waals surface area (Å²) in [6.07, 6.45) is -2.82. The summed E-state index contributed by atoms with van der Waals surface area (Å²) in [6, 6.07) is 7.16. The number of alkyl halides is 3. The van der Waals surface area contributed by atoms with Crippen molar-refractivity contribution in [2.45, 2.75) is 38.5 Å². The molecule has 0 spiro atoms. The van der Waals surface area contributed by atoms with Gasteiger partial charge in [-0.3, -0.25) is 14.5 Å². The fourth-order valence-corrected chi connectivity index (χ4v) is 4.23. The van der Waals surface area contributed by atoms with Crippen LogP contribution in [-0.4, -0.2) is 42.4 Å². The number of halogens is 5. The third-order valence-corrected chi connectivity index (χ3v) is 6.77. The Bertz CT molecular complexity index is 1070. The molecule has 1 fully saturated rings. The Morgan fingerprint density at radius 2 is 1.80 bits per heavy atom. The number of benzene rings is 2. The first-order chi connectivity index (χ1) is 16.4. The molecule has 0 bridgehead atoms. The number of hydrogen-bond acceptors (Lipinski definition) is 4. The molecule has 0 unspecified atom stereocenters. The molecule has 1 saturated heterocycles. The van der Waals surface area contributed by atoms with Gasteiger partial charge in [-0.25, -0.2) is 0 Å². The van der Waals surface area contributed by atoms with Crippen molar-refractivity contribution in [2.75, 3.05) is 25.4 Å². The third-order valence-electron chi connectivity index (χ3n) is 6.03. The molecule has 1 atom stereocenters. The summed E-state index contributed by atoms with van der Waals surface area (Å²) in [5.41, 5.74) is 5.34. The van der Waals surface area contributed by atoms with Crippen LogP contribution in [0.2, 0.25) is 10.0 Å². The topological polar surface area (TPSA) is 87.5 Å². The molecule has 2 aromatic carbocycles. The monoisotopic (exact) mass is 530 g/mol. The average Bonchev–Trinajstić information content (AvgIpc) is 2.80. The largest absolute Gasteiger partial charge is 0.416 e. The summed E-state index contributed by atoms with van der Waals surface area (Å²) in [6.45, 7) is 4.41. The lowest BCUT2D eigenvalue weighted by atomic mass is 9.96. The van der Waals surface area contributed by atoms with Crippen LogP contribution >= 0.6 is 23.2 Å². The number of nitrogens with zero attached hydrogens (tertiary/aromatic N) is 1. The summed E-state index contributed by atoms with van der Waals surface area (Å²) >= 11 is 12.0. The molecule has 0 radical (unpaired) electrons.